The van der Waals surface area contributed by atoms with Crippen molar-refractivity contribution < 1.29 is 14.7 Å². The molecule has 1 aromatic heterocycles. The van der Waals surface area contributed by atoms with Crippen LogP contribution in [0.4, 0.5) is 4.79 Å². The lowest BCUT2D eigenvalue weighted by molar-refractivity contribution is -0.120. The molecule has 1 fully saturated rings. The van der Waals surface area contributed by atoms with Crippen LogP contribution in [0, 0.1) is 5.92 Å². The second kappa shape index (κ2) is 7.83. The van der Waals surface area contributed by atoms with Crippen molar-refractivity contribution in [1.29, 1.82) is 0 Å². The molecule has 0 bridgehead atoms. The van der Waals surface area contributed by atoms with Crippen LogP contribution in [0.25, 0.3) is 0 Å². The number of carbonyl (C=O) groups excluding carboxylic acids is 2. The number of aliphatic hydroxyl groups excluding tert-OH is 1. The maximum atomic E-state index is 11.9. The molecule has 122 valence electrons. The van der Waals surface area contributed by atoms with E-state index in [1.54, 1.807) is 0 Å². The minimum atomic E-state index is -0.493. The Labute approximate surface area is 128 Å². The Balaban J connectivity index is 1.81. The van der Waals surface area contributed by atoms with E-state index in [9.17, 15) is 9.59 Å². The van der Waals surface area contributed by atoms with E-state index < -0.39 is 11.9 Å². The van der Waals surface area contributed by atoms with Crippen molar-refractivity contribution in [3.8, 4) is 0 Å². The van der Waals surface area contributed by atoms with E-state index in [4.69, 9.17) is 5.11 Å². The Morgan fingerprint density at radius 3 is 2.86 bits per heavy atom. The smallest absolute Gasteiger partial charge is 0.321 e. The van der Waals surface area contributed by atoms with Gasteiger partial charge in [0.25, 0.3) is 0 Å². The molecular weight excluding hydrogens is 288 g/mol. The third-order valence-corrected chi connectivity index (χ3v) is 3.92. The number of hydrogen-bond acceptors (Lipinski definition) is 6. The van der Waals surface area contributed by atoms with Gasteiger partial charge in [0, 0.05) is 12.5 Å². The largest absolute Gasteiger partial charge is 0.396 e. The van der Waals surface area contributed by atoms with E-state index in [1.807, 2.05) is 0 Å². The Morgan fingerprint density at radius 1 is 1.36 bits per heavy atom. The minimum absolute atomic E-state index is 0.109. The van der Waals surface area contributed by atoms with Gasteiger partial charge in [0.2, 0.25) is 5.91 Å². The van der Waals surface area contributed by atoms with E-state index in [0.717, 1.165) is 19.3 Å². The Kier molecular flexibility index (Phi) is 5.82. The first kappa shape index (κ1) is 16.3. The van der Waals surface area contributed by atoms with Gasteiger partial charge in [0.1, 0.15) is 6.54 Å². The highest BCUT2D eigenvalue weighted by atomic mass is 16.3. The zero-order chi connectivity index (χ0) is 15.9. The summed E-state index contributed by atoms with van der Waals surface area (Å²) in [6.07, 6.45) is 4.57. The van der Waals surface area contributed by atoms with E-state index in [2.05, 4.69) is 33.1 Å². The van der Waals surface area contributed by atoms with E-state index in [1.165, 1.54) is 11.1 Å². The molecule has 0 aromatic carbocycles. The summed E-state index contributed by atoms with van der Waals surface area (Å²) < 4.78 is 1.27. The molecule has 1 aliphatic carbocycles. The Hall–Kier alpha value is -2.03. The van der Waals surface area contributed by atoms with Crippen LogP contribution in [0.15, 0.2) is 0 Å². The summed E-state index contributed by atoms with van der Waals surface area (Å²) in [5.41, 5.74) is 0. The van der Waals surface area contributed by atoms with Crippen LogP contribution in [-0.2, 0) is 17.8 Å². The van der Waals surface area contributed by atoms with Crippen molar-refractivity contribution in [2.75, 3.05) is 6.61 Å². The normalized spacial score (nSPS) is 21.4. The van der Waals surface area contributed by atoms with Crippen LogP contribution >= 0.6 is 0 Å². The van der Waals surface area contributed by atoms with E-state index >= 15 is 0 Å². The second-order valence-corrected chi connectivity index (χ2v) is 5.62. The number of nitrogens with zero attached hydrogens (tertiary/aromatic N) is 4. The summed E-state index contributed by atoms with van der Waals surface area (Å²) in [5, 5.41) is 24.8. The van der Waals surface area contributed by atoms with Crippen molar-refractivity contribution in [3.63, 3.8) is 0 Å². The third-order valence-electron chi connectivity index (χ3n) is 3.92. The van der Waals surface area contributed by atoms with Gasteiger partial charge in [-0.1, -0.05) is 19.8 Å². The standard InChI is InChI=1S/C13H22N6O3/c1-9-4-2-3-5-10(9)14-13(22)15-12(21)8-19-11(6-7-20)16-17-18-19/h9-10,20H,2-8H2,1H3,(H2,14,15,21,22). The number of tetrazole rings is 1. The van der Waals surface area contributed by atoms with Gasteiger partial charge in [-0.25, -0.2) is 9.48 Å². The van der Waals surface area contributed by atoms with Crippen LogP contribution in [0.1, 0.15) is 38.4 Å². The molecule has 0 radical (unpaired) electrons. The van der Waals surface area contributed by atoms with Gasteiger partial charge in [0.05, 0.1) is 6.61 Å². The summed E-state index contributed by atoms with van der Waals surface area (Å²) in [4.78, 5) is 23.7. The number of nitrogens with one attached hydrogen (secondary N) is 2. The van der Waals surface area contributed by atoms with Crippen molar-refractivity contribution in [2.24, 2.45) is 5.92 Å². The second-order valence-electron chi connectivity index (χ2n) is 5.62. The summed E-state index contributed by atoms with van der Waals surface area (Å²) in [6, 6.07) is -0.375. The molecule has 0 spiro atoms. The summed E-state index contributed by atoms with van der Waals surface area (Å²) in [7, 11) is 0. The predicted octanol–water partition coefficient (Wildman–Crippen LogP) is -0.388. The highest BCUT2D eigenvalue weighted by Crippen LogP contribution is 2.23. The van der Waals surface area contributed by atoms with Crippen LogP contribution < -0.4 is 10.6 Å². The lowest BCUT2D eigenvalue weighted by atomic mass is 9.86. The fraction of sp³-hybridized carbons (Fsp3) is 0.769. The maximum absolute atomic E-state index is 11.9. The molecule has 9 nitrogen and oxygen atoms in total. The maximum Gasteiger partial charge on any atom is 0.321 e. The van der Waals surface area contributed by atoms with Crippen molar-refractivity contribution in [3.05, 3.63) is 5.82 Å². The SMILES string of the molecule is CC1CCCCC1NC(=O)NC(=O)Cn1nnnc1CCO. The number of carbonyl (C=O) groups is 2. The van der Waals surface area contributed by atoms with Gasteiger partial charge >= 0.3 is 6.03 Å². The van der Waals surface area contributed by atoms with Crippen LogP contribution in [0.5, 0.6) is 0 Å². The topological polar surface area (TPSA) is 122 Å². The van der Waals surface area contributed by atoms with Gasteiger partial charge in [-0.3, -0.25) is 10.1 Å². The zero-order valence-electron chi connectivity index (χ0n) is 12.7. The number of hydrogen-bond donors (Lipinski definition) is 3. The average molecular weight is 310 g/mol. The van der Waals surface area contributed by atoms with Gasteiger partial charge < -0.3 is 10.4 Å². The Bertz CT molecular complexity index is 518. The zero-order valence-corrected chi connectivity index (χ0v) is 12.7. The number of rotatable bonds is 5. The summed E-state index contributed by atoms with van der Waals surface area (Å²) in [5.74, 6) is 0.330. The fourth-order valence-electron chi connectivity index (χ4n) is 2.66. The molecule has 2 atom stereocenters. The van der Waals surface area contributed by atoms with E-state index in [0.29, 0.717) is 11.7 Å². The van der Waals surface area contributed by atoms with E-state index in [-0.39, 0.29) is 25.6 Å². The van der Waals surface area contributed by atoms with Crippen molar-refractivity contribution >= 4 is 11.9 Å². The van der Waals surface area contributed by atoms with Crippen LogP contribution in [0.3, 0.4) is 0 Å². The number of amides is 3. The first-order chi connectivity index (χ1) is 10.6. The van der Waals surface area contributed by atoms with Crippen molar-refractivity contribution in [1.82, 2.24) is 30.8 Å². The number of aromatic nitrogens is 4. The molecule has 2 rings (SSSR count). The average Bonchev–Trinajstić information content (AvgIpc) is 2.89. The van der Waals surface area contributed by atoms with Gasteiger partial charge in [0.15, 0.2) is 5.82 Å². The third kappa shape index (κ3) is 4.48. The van der Waals surface area contributed by atoms with Gasteiger partial charge in [-0.15, -0.1) is 5.10 Å². The van der Waals surface area contributed by atoms with Crippen LogP contribution in [-0.4, -0.2) is 49.9 Å². The minimum Gasteiger partial charge on any atom is -0.396 e. The number of urea groups is 1. The first-order valence-corrected chi connectivity index (χ1v) is 7.56. The molecule has 3 N–H and O–H groups in total. The number of aliphatic hydroxyl groups is 1. The molecule has 1 heterocycles. The van der Waals surface area contributed by atoms with Crippen molar-refractivity contribution in [2.45, 2.75) is 51.6 Å². The molecule has 3 amide bonds. The molecule has 0 saturated heterocycles. The van der Waals surface area contributed by atoms with Crippen LogP contribution in [0.2, 0.25) is 0 Å². The summed E-state index contributed by atoms with van der Waals surface area (Å²) in [6.45, 7) is 1.84. The van der Waals surface area contributed by atoms with Gasteiger partial charge in [-0.2, -0.15) is 0 Å². The molecule has 2 unspecified atom stereocenters. The highest BCUT2D eigenvalue weighted by molar-refractivity contribution is 5.94. The molecule has 9 heteroatoms. The monoisotopic (exact) mass is 310 g/mol. The van der Waals surface area contributed by atoms with Gasteiger partial charge in [-0.05, 0) is 29.2 Å². The highest BCUT2D eigenvalue weighted by Gasteiger charge is 2.23. The number of imide groups is 1. The molecular formula is C13H22N6O3. The fourth-order valence-corrected chi connectivity index (χ4v) is 2.66. The molecule has 1 aromatic rings. The Morgan fingerprint density at radius 2 is 2.14 bits per heavy atom. The quantitative estimate of drug-likeness (QED) is 0.681. The molecule has 1 aliphatic rings. The predicted molar refractivity (Wildman–Crippen MR) is 76.7 cm³/mol. The first-order valence-electron chi connectivity index (χ1n) is 7.56. The molecule has 22 heavy (non-hydrogen) atoms. The lowest BCUT2D eigenvalue weighted by Crippen LogP contribution is -2.48. The summed E-state index contributed by atoms with van der Waals surface area (Å²) >= 11 is 0. The lowest BCUT2D eigenvalue weighted by Gasteiger charge is -2.29. The molecule has 0 aliphatic heterocycles. The molecule has 1 saturated carbocycles.